The number of aliphatic carboxylic acids is 1. The normalized spacial score (nSPS) is 17.9. The van der Waals surface area contributed by atoms with Crippen molar-refractivity contribution in [3.63, 3.8) is 0 Å². The molecule has 15 nitrogen and oxygen atoms in total. The topological polar surface area (TPSA) is 217 Å². The Balaban J connectivity index is 2.03. The third-order valence-corrected chi connectivity index (χ3v) is 8.41. The summed E-state index contributed by atoms with van der Waals surface area (Å²) in [6.07, 6.45) is 4.83. The van der Waals surface area contributed by atoms with E-state index < -0.39 is 69.5 Å². The summed E-state index contributed by atoms with van der Waals surface area (Å²) in [6.45, 7) is 8.44. The zero-order chi connectivity index (χ0) is 31.9. The third kappa shape index (κ3) is 8.84. The van der Waals surface area contributed by atoms with Crippen molar-refractivity contribution in [2.24, 2.45) is 10.6 Å². The molecule has 0 unspecified atom stereocenters. The van der Waals surface area contributed by atoms with Crippen LogP contribution in [-0.4, -0.2) is 83.2 Å². The molecular formula is C25H39N5O10S2. The van der Waals surface area contributed by atoms with Crippen molar-refractivity contribution in [2.45, 2.75) is 91.3 Å². The van der Waals surface area contributed by atoms with E-state index in [4.69, 9.17) is 19.5 Å². The van der Waals surface area contributed by atoms with Crippen molar-refractivity contribution >= 4 is 56.2 Å². The number of oxime groups is 1. The second-order valence-electron chi connectivity index (χ2n) is 10.9. The number of nitrogens with one attached hydrogen (secondary N) is 1. The first kappa shape index (κ1) is 34.9. The number of amides is 2. The van der Waals surface area contributed by atoms with Gasteiger partial charge in [-0.2, -0.15) is 8.42 Å². The number of carbonyl (C=O) groups is 4. The van der Waals surface area contributed by atoms with Crippen LogP contribution in [0.3, 0.4) is 0 Å². The van der Waals surface area contributed by atoms with E-state index in [1.165, 1.54) is 40.0 Å². The number of ether oxygens (including phenoxy) is 1. The zero-order valence-electron chi connectivity index (χ0n) is 24.5. The lowest BCUT2D eigenvalue weighted by Crippen LogP contribution is -2.71. The number of unbranched alkanes of at least 4 members (excludes halogenated alkanes) is 4. The fraction of sp³-hybridized carbons (Fsp3) is 0.680. The van der Waals surface area contributed by atoms with Gasteiger partial charge >= 0.3 is 22.2 Å². The van der Waals surface area contributed by atoms with Gasteiger partial charge in [-0.05, 0) is 41.0 Å². The smallest absolute Gasteiger partial charge is 0.365 e. The Hall–Kier alpha value is -3.31. The Morgan fingerprint density at radius 1 is 1.19 bits per heavy atom. The van der Waals surface area contributed by atoms with Crippen molar-refractivity contribution < 1.29 is 46.5 Å². The lowest BCUT2D eigenvalue weighted by molar-refractivity contribution is -0.161. The maximum Gasteiger partial charge on any atom is 0.365 e. The van der Waals surface area contributed by atoms with Crippen LogP contribution < -0.4 is 11.1 Å². The van der Waals surface area contributed by atoms with E-state index in [2.05, 4.69) is 22.4 Å². The highest BCUT2D eigenvalue weighted by molar-refractivity contribution is 7.85. The van der Waals surface area contributed by atoms with Crippen LogP contribution in [0.1, 0.15) is 79.3 Å². The van der Waals surface area contributed by atoms with Crippen LogP contribution >= 0.6 is 11.3 Å². The molecule has 4 N–H and O–H groups in total. The minimum Gasteiger partial charge on any atom is -0.478 e. The SMILES string of the molecule is CCCCCCCOC(=O)C(C)(C)COS(=O)(=O)N1C(=O)[C@@H](NC(=O)C(=NOC(C)(C)C(=O)O)c2csc(N)n2)[C@@H]1C. The predicted molar refractivity (Wildman–Crippen MR) is 152 cm³/mol. The van der Waals surface area contributed by atoms with Crippen molar-refractivity contribution in [1.82, 2.24) is 14.6 Å². The number of thiazole rings is 1. The van der Waals surface area contributed by atoms with Crippen molar-refractivity contribution in [3.8, 4) is 0 Å². The molecular weight excluding hydrogens is 594 g/mol. The number of esters is 1. The first-order valence-electron chi connectivity index (χ1n) is 13.4. The summed E-state index contributed by atoms with van der Waals surface area (Å²) in [6, 6.07) is -2.36. The highest BCUT2D eigenvalue weighted by Crippen LogP contribution is 2.27. The van der Waals surface area contributed by atoms with E-state index in [1.807, 2.05) is 0 Å². The molecule has 0 spiro atoms. The van der Waals surface area contributed by atoms with E-state index >= 15 is 0 Å². The molecule has 1 aliphatic heterocycles. The molecule has 0 aliphatic carbocycles. The Kier molecular flexibility index (Phi) is 11.8. The molecule has 2 atom stereocenters. The second-order valence-corrected chi connectivity index (χ2v) is 13.3. The number of carboxylic acid groups (broad SMARTS) is 1. The van der Waals surface area contributed by atoms with Crippen LogP contribution in [-0.2, 0) is 43.2 Å². The minimum atomic E-state index is -4.62. The number of carbonyl (C=O) groups excluding carboxylic acids is 3. The number of nitrogens with two attached hydrogens (primary N) is 1. The molecule has 0 aromatic carbocycles. The zero-order valence-corrected chi connectivity index (χ0v) is 26.2. The number of aromatic nitrogens is 1. The maximum absolute atomic E-state index is 13.0. The minimum absolute atomic E-state index is 0.0431. The number of carboxylic acids is 1. The summed E-state index contributed by atoms with van der Waals surface area (Å²) in [7, 11) is -4.62. The fourth-order valence-electron chi connectivity index (χ4n) is 3.51. The van der Waals surface area contributed by atoms with Gasteiger partial charge in [-0.15, -0.1) is 11.3 Å². The lowest BCUT2D eigenvalue weighted by atomic mass is 9.95. The Bertz CT molecular complexity index is 1290. The van der Waals surface area contributed by atoms with Crippen LogP contribution in [0.5, 0.6) is 0 Å². The largest absolute Gasteiger partial charge is 0.478 e. The molecule has 1 aliphatic rings. The van der Waals surface area contributed by atoms with E-state index in [0.717, 1.165) is 37.0 Å². The van der Waals surface area contributed by atoms with Gasteiger partial charge in [-0.1, -0.05) is 37.8 Å². The second kappa shape index (κ2) is 14.2. The lowest BCUT2D eigenvalue weighted by Gasteiger charge is -2.43. The van der Waals surface area contributed by atoms with E-state index in [9.17, 15) is 32.7 Å². The fourth-order valence-corrected chi connectivity index (χ4v) is 5.47. The van der Waals surface area contributed by atoms with Crippen LogP contribution in [0.2, 0.25) is 0 Å². The van der Waals surface area contributed by atoms with Crippen molar-refractivity contribution in [3.05, 3.63) is 11.1 Å². The number of rotatable bonds is 17. The van der Waals surface area contributed by atoms with Gasteiger partial charge < -0.3 is 25.7 Å². The number of anilines is 1. The molecule has 42 heavy (non-hydrogen) atoms. The Labute approximate surface area is 249 Å². The molecule has 2 rings (SSSR count). The van der Waals surface area contributed by atoms with E-state index in [-0.39, 0.29) is 17.4 Å². The highest BCUT2D eigenvalue weighted by Gasteiger charge is 2.53. The van der Waals surface area contributed by atoms with Crippen LogP contribution in [0, 0.1) is 5.41 Å². The number of hydrogen-bond acceptors (Lipinski definition) is 13. The average Bonchev–Trinajstić information content (AvgIpc) is 3.33. The first-order valence-corrected chi connectivity index (χ1v) is 15.6. The maximum atomic E-state index is 13.0. The summed E-state index contributed by atoms with van der Waals surface area (Å²) in [5, 5.41) is 16.7. The van der Waals surface area contributed by atoms with Crippen LogP contribution in [0.15, 0.2) is 10.5 Å². The molecule has 0 radical (unpaired) electrons. The summed E-state index contributed by atoms with van der Waals surface area (Å²) in [4.78, 5) is 58.7. The van der Waals surface area contributed by atoms with Gasteiger partial charge in [0, 0.05) is 5.38 Å². The number of nitrogens with zero attached hydrogens (tertiary/aromatic N) is 3. The van der Waals surface area contributed by atoms with Crippen LogP contribution in [0.4, 0.5) is 5.13 Å². The summed E-state index contributed by atoms with van der Waals surface area (Å²) in [5.41, 5.74) is 2.00. The first-order chi connectivity index (χ1) is 19.4. The predicted octanol–water partition coefficient (Wildman–Crippen LogP) is 1.83. The summed E-state index contributed by atoms with van der Waals surface area (Å²) >= 11 is 0.981. The van der Waals surface area contributed by atoms with Gasteiger partial charge in [0.2, 0.25) is 5.60 Å². The average molecular weight is 634 g/mol. The van der Waals surface area contributed by atoms with Crippen molar-refractivity contribution in [1.29, 1.82) is 0 Å². The van der Waals surface area contributed by atoms with Gasteiger partial charge in [-0.25, -0.2) is 14.1 Å². The molecule has 17 heteroatoms. The number of β-lactam (4-membered cyclic amide) rings is 1. The van der Waals surface area contributed by atoms with Crippen molar-refractivity contribution in [2.75, 3.05) is 18.9 Å². The summed E-state index contributed by atoms with van der Waals surface area (Å²) < 4.78 is 36.4. The molecule has 236 valence electrons. The highest BCUT2D eigenvalue weighted by atomic mass is 32.2. The van der Waals surface area contributed by atoms with Crippen LogP contribution in [0.25, 0.3) is 0 Å². The van der Waals surface area contributed by atoms with Gasteiger partial charge in [-0.3, -0.25) is 18.6 Å². The molecule has 1 aromatic rings. The molecule has 1 saturated heterocycles. The van der Waals surface area contributed by atoms with Gasteiger partial charge in [0.1, 0.15) is 11.7 Å². The molecule has 0 bridgehead atoms. The monoisotopic (exact) mass is 633 g/mol. The van der Waals surface area contributed by atoms with Gasteiger partial charge in [0.15, 0.2) is 10.8 Å². The van der Waals surface area contributed by atoms with E-state index in [1.54, 1.807) is 0 Å². The molecule has 1 fully saturated rings. The third-order valence-electron chi connectivity index (χ3n) is 6.33. The Morgan fingerprint density at radius 3 is 2.38 bits per heavy atom. The number of hydrogen-bond donors (Lipinski definition) is 3. The summed E-state index contributed by atoms with van der Waals surface area (Å²) in [5.74, 6) is -3.97. The van der Waals surface area contributed by atoms with Gasteiger partial charge in [0.05, 0.1) is 24.7 Å². The quantitative estimate of drug-likeness (QED) is 0.0736. The Morgan fingerprint density at radius 2 is 1.83 bits per heavy atom. The molecule has 1 aromatic heterocycles. The standard InChI is InChI=1S/C25H39N5O10S2/c1-7-8-9-10-11-12-38-22(35)24(3,4)14-39-42(36,37)30-15(2)17(20(30)32)28-19(31)18(16-13-41-23(26)27-16)29-40-25(5,6)21(33)34/h13,15,17H,7-12,14H2,1-6H3,(H2,26,27)(H,28,31)(H,33,34)/t15-,17-/m0/s1. The molecule has 2 heterocycles. The molecule has 2 amide bonds. The van der Waals surface area contributed by atoms with E-state index in [0.29, 0.717) is 10.7 Å². The number of nitrogen functional groups attached to an aromatic ring is 1. The molecule has 0 saturated carbocycles. The van der Waals surface area contributed by atoms with Gasteiger partial charge in [0.25, 0.3) is 11.8 Å².